The molecule has 0 atom stereocenters. The number of anilines is 1. The molecule has 1 amide bonds. The molecule has 0 spiro atoms. The van der Waals surface area contributed by atoms with E-state index in [1.54, 1.807) is 23.7 Å². The molecule has 1 aromatic heterocycles. The smallest absolute Gasteiger partial charge is 0.278 e. The highest BCUT2D eigenvalue weighted by atomic mass is 19.1. The predicted molar refractivity (Wildman–Crippen MR) is 91.4 cm³/mol. The lowest BCUT2D eigenvalue weighted by molar-refractivity contribution is 0.102. The first-order valence-corrected chi connectivity index (χ1v) is 8.01. The molecule has 1 aliphatic rings. The zero-order valence-corrected chi connectivity index (χ0v) is 13.9. The Balaban J connectivity index is 1.59. The van der Waals surface area contributed by atoms with Crippen LogP contribution in [0, 0.1) is 12.7 Å². The first-order valence-electron chi connectivity index (χ1n) is 8.01. The molecule has 1 aliphatic heterocycles. The quantitative estimate of drug-likeness (QED) is 0.782. The lowest BCUT2D eigenvalue weighted by Gasteiger charge is -2.18. The summed E-state index contributed by atoms with van der Waals surface area (Å²) in [5.41, 5.74) is 1.94. The number of aromatic nitrogens is 3. The Morgan fingerprint density at radius 2 is 1.85 bits per heavy atom. The summed E-state index contributed by atoms with van der Waals surface area (Å²) in [6.07, 6.45) is 0. The highest BCUT2D eigenvalue weighted by molar-refractivity contribution is 6.03. The van der Waals surface area contributed by atoms with Gasteiger partial charge < -0.3 is 14.8 Å². The number of ether oxygens (including phenoxy) is 2. The summed E-state index contributed by atoms with van der Waals surface area (Å²) in [5, 5.41) is 10.7. The number of nitrogens with zero attached hydrogens (tertiary/aromatic N) is 3. The Bertz CT molecular complexity index is 969. The summed E-state index contributed by atoms with van der Waals surface area (Å²) in [6, 6.07) is 10.9. The van der Waals surface area contributed by atoms with E-state index in [0.717, 1.165) is 0 Å². The third kappa shape index (κ3) is 2.97. The Morgan fingerprint density at radius 1 is 1.12 bits per heavy atom. The molecule has 3 aromatic rings. The number of benzene rings is 2. The van der Waals surface area contributed by atoms with Gasteiger partial charge in [-0.2, -0.15) is 0 Å². The monoisotopic (exact) mass is 354 g/mol. The van der Waals surface area contributed by atoms with Gasteiger partial charge in [0.2, 0.25) is 0 Å². The number of hydrogen-bond donors (Lipinski definition) is 1. The van der Waals surface area contributed by atoms with Crippen molar-refractivity contribution in [1.29, 1.82) is 0 Å². The Kier molecular flexibility index (Phi) is 4.00. The molecule has 4 rings (SSSR count). The second-order valence-electron chi connectivity index (χ2n) is 5.72. The van der Waals surface area contributed by atoms with Crippen molar-refractivity contribution < 1.29 is 18.7 Å². The maximum absolute atomic E-state index is 13.0. The molecule has 0 bridgehead atoms. The van der Waals surface area contributed by atoms with Crippen molar-refractivity contribution in [3.8, 4) is 17.2 Å². The molecule has 1 N–H and O–H groups in total. The van der Waals surface area contributed by atoms with Crippen LogP contribution in [-0.2, 0) is 0 Å². The standard InChI is InChI=1S/C18H15FN4O3/c1-11-17(18(24)20-13-4-2-12(19)3-5-13)21-22-23(11)14-6-7-15-16(10-14)26-9-8-25-15/h2-7,10H,8-9H2,1H3,(H,20,24). The van der Waals surface area contributed by atoms with Crippen LogP contribution in [0.2, 0.25) is 0 Å². The average molecular weight is 354 g/mol. The fourth-order valence-electron chi connectivity index (χ4n) is 2.67. The molecule has 0 radical (unpaired) electrons. The van der Waals surface area contributed by atoms with Crippen LogP contribution in [0.3, 0.4) is 0 Å². The molecule has 0 fully saturated rings. The van der Waals surface area contributed by atoms with Crippen molar-refractivity contribution in [2.75, 3.05) is 18.5 Å². The number of fused-ring (bicyclic) bond motifs is 1. The fourth-order valence-corrected chi connectivity index (χ4v) is 2.67. The molecule has 0 saturated carbocycles. The highest BCUT2D eigenvalue weighted by Gasteiger charge is 2.19. The SMILES string of the molecule is Cc1c(C(=O)Nc2ccc(F)cc2)nnn1-c1ccc2c(c1)OCCO2. The van der Waals surface area contributed by atoms with Crippen molar-refractivity contribution in [2.45, 2.75) is 6.92 Å². The third-order valence-corrected chi connectivity index (χ3v) is 3.98. The number of amides is 1. The fraction of sp³-hybridized carbons (Fsp3) is 0.167. The van der Waals surface area contributed by atoms with Gasteiger partial charge in [-0.3, -0.25) is 4.79 Å². The minimum atomic E-state index is -0.419. The lowest BCUT2D eigenvalue weighted by atomic mass is 10.2. The van der Waals surface area contributed by atoms with Crippen LogP contribution in [-0.4, -0.2) is 34.1 Å². The van der Waals surface area contributed by atoms with E-state index in [2.05, 4.69) is 15.6 Å². The van der Waals surface area contributed by atoms with Gasteiger partial charge in [-0.15, -0.1) is 5.10 Å². The van der Waals surface area contributed by atoms with E-state index in [9.17, 15) is 9.18 Å². The van der Waals surface area contributed by atoms with E-state index >= 15 is 0 Å². The number of rotatable bonds is 3. The van der Waals surface area contributed by atoms with Gasteiger partial charge in [0.05, 0.1) is 11.4 Å². The molecule has 2 aromatic carbocycles. The summed E-state index contributed by atoms with van der Waals surface area (Å²) >= 11 is 0. The number of carbonyl (C=O) groups excluding carboxylic acids is 1. The Morgan fingerprint density at radius 3 is 2.62 bits per heavy atom. The second-order valence-corrected chi connectivity index (χ2v) is 5.72. The summed E-state index contributed by atoms with van der Waals surface area (Å²) in [5.74, 6) is 0.509. The van der Waals surface area contributed by atoms with Crippen molar-refractivity contribution in [3.63, 3.8) is 0 Å². The molecular formula is C18H15FN4O3. The van der Waals surface area contributed by atoms with Crippen LogP contribution in [0.5, 0.6) is 11.5 Å². The van der Waals surface area contributed by atoms with Crippen LogP contribution < -0.4 is 14.8 Å². The van der Waals surface area contributed by atoms with E-state index in [1.807, 2.05) is 6.07 Å². The first-order chi connectivity index (χ1) is 12.6. The Hall–Kier alpha value is -3.42. The second kappa shape index (κ2) is 6.47. The number of halogens is 1. The molecule has 2 heterocycles. The van der Waals surface area contributed by atoms with Crippen molar-refractivity contribution in [3.05, 3.63) is 59.7 Å². The van der Waals surface area contributed by atoms with Crippen molar-refractivity contribution in [1.82, 2.24) is 15.0 Å². The number of hydrogen-bond acceptors (Lipinski definition) is 5. The molecule has 8 heteroatoms. The minimum absolute atomic E-state index is 0.184. The van der Waals surface area contributed by atoms with E-state index in [4.69, 9.17) is 9.47 Å². The lowest BCUT2D eigenvalue weighted by Crippen LogP contribution is -2.16. The van der Waals surface area contributed by atoms with E-state index < -0.39 is 5.91 Å². The van der Waals surface area contributed by atoms with Crippen LogP contribution in [0.1, 0.15) is 16.2 Å². The molecule has 0 unspecified atom stereocenters. The van der Waals surface area contributed by atoms with Crippen molar-refractivity contribution in [2.24, 2.45) is 0 Å². The van der Waals surface area contributed by atoms with Gasteiger partial charge in [0.1, 0.15) is 19.0 Å². The normalized spacial score (nSPS) is 12.7. The molecule has 0 aliphatic carbocycles. The van der Waals surface area contributed by atoms with Gasteiger partial charge in [-0.25, -0.2) is 9.07 Å². The van der Waals surface area contributed by atoms with Gasteiger partial charge in [-0.1, -0.05) is 5.21 Å². The van der Waals surface area contributed by atoms with Crippen LogP contribution in [0.4, 0.5) is 10.1 Å². The summed E-state index contributed by atoms with van der Waals surface area (Å²) < 4.78 is 25.6. The van der Waals surface area contributed by atoms with Crippen LogP contribution in [0.25, 0.3) is 5.69 Å². The first kappa shape index (κ1) is 16.1. The van der Waals surface area contributed by atoms with Crippen LogP contribution >= 0.6 is 0 Å². The summed E-state index contributed by atoms with van der Waals surface area (Å²) in [6.45, 7) is 2.75. The average Bonchev–Trinajstić information content (AvgIpc) is 3.05. The van der Waals surface area contributed by atoms with E-state index in [-0.39, 0.29) is 11.5 Å². The highest BCUT2D eigenvalue weighted by Crippen LogP contribution is 2.32. The zero-order chi connectivity index (χ0) is 18.1. The number of carbonyl (C=O) groups is 1. The third-order valence-electron chi connectivity index (χ3n) is 3.98. The molecule has 132 valence electrons. The summed E-state index contributed by atoms with van der Waals surface area (Å²) in [7, 11) is 0. The topological polar surface area (TPSA) is 78.3 Å². The maximum atomic E-state index is 13.0. The van der Waals surface area contributed by atoms with Gasteiger partial charge in [0, 0.05) is 11.8 Å². The molecular weight excluding hydrogens is 339 g/mol. The van der Waals surface area contributed by atoms with E-state index in [1.165, 1.54) is 24.3 Å². The summed E-state index contributed by atoms with van der Waals surface area (Å²) in [4.78, 5) is 12.4. The predicted octanol–water partition coefficient (Wildman–Crippen LogP) is 2.74. The number of nitrogens with one attached hydrogen (secondary N) is 1. The van der Waals surface area contributed by atoms with Gasteiger partial charge in [0.15, 0.2) is 17.2 Å². The molecule has 7 nitrogen and oxygen atoms in total. The largest absolute Gasteiger partial charge is 0.486 e. The van der Waals surface area contributed by atoms with Gasteiger partial charge in [0.25, 0.3) is 5.91 Å². The van der Waals surface area contributed by atoms with E-state index in [0.29, 0.717) is 41.8 Å². The minimum Gasteiger partial charge on any atom is -0.486 e. The van der Waals surface area contributed by atoms with Crippen LogP contribution in [0.15, 0.2) is 42.5 Å². The van der Waals surface area contributed by atoms with Crippen molar-refractivity contribution >= 4 is 11.6 Å². The van der Waals surface area contributed by atoms with Gasteiger partial charge in [-0.05, 0) is 43.3 Å². The Labute approximate surface area is 148 Å². The van der Waals surface area contributed by atoms with Gasteiger partial charge >= 0.3 is 0 Å². The molecule has 26 heavy (non-hydrogen) atoms. The maximum Gasteiger partial charge on any atom is 0.278 e. The molecule has 0 saturated heterocycles. The zero-order valence-electron chi connectivity index (χ0n) is 13.9.